The molecule has 2 aromatic carbocycles. The van der Waals surface area contributed by atoms with E-state index in [0.717, 1.165) is 43.4 Å². The highest BCUT2D eigenvalue weighted by atomic mass is 35.5. The average molecular weight is 1090 g/mol. The molecule has 4 aromatic heterocycles. The molecule has 0 radical (unpaired) electrons. The van der Waals surface area contributed by atoms with Gasteiger partial charge >= 0.3 is 11.9 Å². The number of aryl methyl sites for hydroxylation is 2. The minimum atomic E-state index is -0.659. The molecule has 8 rings (SSSR count). The highest BCUT2D eigenvalue weighted by Crippen LogP contribution is 2.42. The van der Waals surface area contributed by atoms with Crippen molar-refractivity contribution in [1.82, 2.24) is 29.5 Å². The van der Waals surface area contributed by atoms with Gasteiger partial charge in [0.15, 0.2) is 23.2 Å². The van der Waals surface area contributed by atoms with Crippen LogP contribution in [0.15, 0.2) is 58.5 Å². The van der Waals surface area contributed by atoms with Gasteiger partial charge in [-0.2, -0.15) is 0 Å². The van der Waals surface area contributed by atoms with Crippen LogP contribution in [0.4, 0.5) is 0 Å². The summed E-state index contributed by atoms with van der Waals surface area (Å²) in [6.45, 7) is 10.5. The monoisotopic (exact) mass is 1090 g/mol. The highest BCUT2D eigenvalue weighted by molar-refractivity contribution is 7.17. The van der Waals surface area contributed by atoms with Crippen molar-refractivity contribution in [3.63, 3.8) is 0 Å². The highest BCUT2D eigenvalue weighted by Gasteiger charge is 2.36. The quantitative estimate of drug-likeness (QED) is 0.0298. The van der Waals surface area contributed by atoms with E-state index < -0.39 is 24.0 Å². The zero-order valence-corrected chi connectivity index (χ0v) is 45.1. The number of hydrogen-bond donors (Lipinski definition) is 0. The topological polar surface area (TPSA) is 210 Å². The van der Waals surface area contributed by atoms with Gasteiger partial charge in [-0.3, -0.25) is 38.3 Å². The van der Waals surface area contributed by atoms with E-state index in [1.807, 2.05) is 61.1 Å². The van der Waals surface area contributed by atoms with Gasteiger partial charge in [-0.05, 0) is 75.9 Å². The molecule has 6 heterocycles. The Hall–Kier alpha value is -5.84. The number of benzene rings is 2. The van der Waals surface area contributed by atoms with E-state index in [1.165, 1.54) is 36.9 Å². The molecule has 0 bridgehead atoms. The third-order valence-corrected chi connectivity index (χ3v) is 15.6. The second-order valence-electron chi connectivity index (χ2n) is 17.4. The predicted molar refractivity (Wildman–Crippen MR) is 281 cm³/mol. The van der Waals surface area contributed by atoms with Crippen molar-refractivity contribution in [3.05, 3.63) is 125 Å². The second kappa shape index (κ2) is 25.1. The molecule has 390 valence electrons. The maximum atomic E-state index is 13.7. The molecule has 6 aromatic rings. The zero-order valence-electron chi connectivity index (χ0n) is 41.9. The van der Waals surface area contributed by atoms with Crippen LogP contribution < -0.4 is 0 Å². The normalized spacial score (nSPS) is 14.8. The fraction of sp³-hybridized carbons (Fsp3) is 0.423. The third kappa shape index (κ3) is 12.3. The molecule has 2 aliphatic heterocycles. The SMILES string of the molecule is COC(=O)CC1N=C(c2ccc(Cl)cc2)c2c(sc(C(=O)CCCOCCOCCOCCOCCCC(=O)c3sc4c(c3C)C(c3ccc(Cl)cc3)=NC(CC(=O)OC)c3nnc(C)n3-4)c2C)-n2c(C)nnc21. The lowest BCUT2D eigenvalue weighted by Gasteiger charge is -2.12. The number of nitrogens with zero attached hydrogens (tertiary/aromatic N) is 8. The molecule has 0 amide bonds. The van der Waals surface area contributed by atoms with Crippen molar-refractivity contribution in [2.75, 3.05) is 67.1 Å². The summed E-state index contributed by atoms with van der Waals surface area (Å²) in [5.41, 5.74) is 5.98. The summed E-state index contributed by atoms with van der Waals surface area (Å²) in [4.78, 5) is 63.8. The number of ketones is 2. The van der Waals surface area contributed by atoms with E-state index in [4.69, 9.17) is 61.6 Å². The predicted octanol–water partition coefficient (Wildman–Crippen LogP) is 9.11. The lowest BCUT2D eigenvalue weighted by atomic mass is 9.98. The molecule has 0 spiro atoms. The molecule has 2 atom stereocenters. The van der Waals surface area contributed by atoms with E-state index in [-0.39, 0.29) is 37.2 Å². The van der Waals surface area contributed by atoms with E-state index in [9.17, 15) is 19.2 Å². The number of hydrogen-bond acceptors (Lipinski definition) is 18. The number of esters is 2. The molecule has 0 saturated carbocycles. The van der Waals surface area contributed by atoms with Crippen LogP contribution >= 0.6 is 45.9 Å². The van der Waals surface area contributed by atoms with Gasteiger partial charge in [-0.1, -0.05) is 47.5 Å². The lowest BCUT2D eigenvalue weighted by molar-refractivity contribution is -0.142. The summed E-state index contributed by atoms with van der Waals surface area (Å²) in [5.74, 6) is 1.34. The first-order valence-electron chi connectivity index (χ1n) is 24.1. The molecule has 18 nitrogen and oxygen atoms in total. The second-order valence-corrected chi connectivity index (χ2v) is 20.3. The summed E-state index contributed by atoms with van der Waals surface area (Å²) < 4.78 is 36.7. The van der Waals surface area contributed by atoms with Crippen LogP contribution in [0.2, 0.25) is 10.0 Å². The maximum absolute atomic E-state index is 13.7. The number of carbonyl (C=O) groups is 4. The van der Waals surface area contributed by atoms with Gasteiger partial charge in [0.1, 0.15) is 33.7 Å². The van der Waals surface area contributed by atoms with Crippen LogP contribution in [0.25, 0.3) is 10.0 Å². The number of methoxy groups -OCH3 is 2. The van der Waals surface area contributed by atoms with Gasteiger partial charge in [0.2, 0.25) is 0 Å². The molecule has 2 aliphatic rings. The number of thiophene rings is 2. The first-order valence-corrected chi connectivity index (χ1v) is 26.5. The first-order chi connectivity index (χ1) is 35.8. The number of ether oxygens (including phenoxy) is 6. The van der Waals surface area contributed by atoms with Crippen molar-refractivity contribution < 1.29 is 47.6 Å². The standard InChI is InChI=1S/C52H56Cl2N8O10S2/c1-29-43-45(33-11-15-35(53)16-12-33)55-37(27-41(65)67-5)49-59-57-31(3)61(49)51(43)73-47(29)39(63)9-7-19-69-21-23-71-25-26-72-24-22-70-20-8-10-40(64)48-30(2)44-46(34-13-17-36(54)18-14-34)56-38(28-42(66)68-6)50-60-58-32(4)62(50)52(44)74-48/h11-18,37-38H,7-10,19-28H2,1-6H3. The number of fused-ring (bicyclic) bond motifs is 6. The summed E-state index contributed by atoms with van der Waals surface area (Å²) in [5, 5.41) is 20.1. The Labute approximate surface area is 446 Å². The van der Waals surface area contributed by atoms with Gasteiger partial charge in [-0.15, -0.1) is 43.1 Å². The largest absolute Gasteiger partial charge is 0.469 e. The molecular formula is C52H56Cl2N8O10S2. The molecule has 0 N–H and O–H groups in total. The maximum Gasteiger partial charge on any atom is 0.308 e. The van der Waals surface area contributed by atoms with Crippen molar-refractivity contribution in [1.29, 1.82) is 0 Å². The average Bonchev–Trinajstić information content (AvgIpc) is 4.13. The van der Waals surface area contributed by atoms with E-state index >= 15 is 0 Å². The minimum absolute atomic E-state index is 0.0105. The number of Topliss-reactive ketones (excluding diaryl/α,β-unsaturated/α-hetero) is 2. The van der Waals surface area contributed by atoms with Gasteiger partial charge in [0.25, 0.3) is 0 Å². The molecule has 0 saturated heterocycles. The van der Waals surface area contributed by atoms with Crippen LogP contribution in [-0.2, 0) is 38.0 Å². The van der Waals surface area contributed by atoms with E-state index in [1.54, 1.807) is 24.3 Å². The van der Waals surface area contributed by atoms with Gasteiger partial charge in [0.05, 0.1) is 87.9 Å². The van der Waals surface area contributed by atoms with Gasteiger partial charge in [-0.25, -0.2) is 0 Å². The van der Waals surface area contributed by atoms with Crippen molar-refractivity contribution in [2.24, 2.45) is 9.98 Å². The molecule has 0 fully saturated rings. The number of halogens is 2. The molecule has 2 unspecified atom stereocenters. The molecule has 0 aliphatic carbocycles. The third-order valence-electron chi connectivity index (χ3n) is 12.4. The minimum Gasteiger partial charge on any atom is -0.469 e. The Bertz CT molecular complexity index is 2870. The first kappa shape index (κ1) is 54.4. The summed E-state index contributed by atoms with van der Waals surface area (Å²) in [7, 11) is 2.68. The smallest absolute Gasteiger partial charge is 0.308 e. The van der Waals surface area contributed by atoms with Crippen LogP contribution in [0.1, 0.15) is 127 Å². The van der Waals surface area contributed by atoms with Crippen molar-refractivity contribution in [2.45, 2.75) is 78.3 Å². The van der Waals surface area contributed by atoms with Crippen LogP contribution in [0.5, 0.6) is 0 Å². The number of aliphatic imine (C=N–C) groups is 2. The number of rotatable bonds is 25. The Kier molecular flexibility index (Phi) is 18.5. The van der Waals surface area contributed by atoms with Crippen LogP contribution in [0, 0.1) is 27.7 Å². The lowest BCUT2D eigenvalue weighted by Crippen LogP contribution is -2.13. The van der Waals surface area contributed by atoms with E-state index in [2.05, 4.69) is 20.4 Å². The van der Waals surface area contributed by atoms with E-state index in [0.29, 0.717) is 120 Å². The fourth-order valence-electron chi connectivity index (χ4n) is 8.72. The van der Waals surface area contributed by atoms with Crippen LogP contribution in [0.3, 0.4) is 0 Å². The summed E-state index contributed by atoms with van der Waals surface area (Å²) in [6.07, 6.45) is 1.56. The van der Waals surface area contributed by atoms with Crippen molar-refractivity contribution >= 4 is 80.8 Å². The molecule has 74 heavy (non-hydrogen) atoms. The Morgan fingerprint density at radius 2 is 0.878 bits per heavy atom. The Morgan fingerprint density at radius 1 is 0.527 bits per heavy atom. The molecular weight excluding hydrogens is 1030 g/mol. The number of aromatic nitrogens is 6. The Balaban J connectivity index is 0.740. The van der Waals surface area contributed by atoms with Crippen LogP contribution in [-0.4, -0.2) is 132 Å². The zero-order chi connectivity index (χ0) is 52.5. The summed E-state index contributed by atoms with van der Waals surface area (Å²) in [6, 6.07) is 13.3. The van der Waals surface area contributed by atoms with Gasteiger partial charge < -0.3 is 28.4 Å². The molecule has 22 heteroatoms. The summed E-state index contributed by atoms with van der Waals surface area (Å²) >= 11 is 15.2. The number of carbonyl (C=O) groups excluding carboxylic acids is 4. The van der Waals surface area contributed by atoms with Crippen molar-refractivity contribution in [3.8, 4) is 10.0 Å². The van der Waals surface area contributed by atoms with Gasteiger partial charge in [0, 0.05) is 58.4 Å². The Morgan fingerprint density at radius 3 is 1.23 bits per heavy atom. The fourth-order valence-corrected chi connectivity index (χ4v) is 11.6.